The highest BCUT2D eigenvalue weighted by Gasteiger charge is 2.31. The zero-order valence-electron chi connectivity index (χ0n) is 17.4. The molecule has 4 rings (SSSR count). The molecule has 0 unspecified atom stereocenters. The van der Waals surface area contributed by atoms with Crippen LogP contribution in [0.5, 0.6) is 11.5 Å². The van der Waals surface area contributed by atoms with Gasteiger partial charge in [-0.25, -0.2) is 13.4 Å². The van der Waals surface area contributed by atoms with Gasteiger partial charge >= 0.3 is 0 Å². The van der Waals surface area contributed by atoms with E-state index in [1.807, 2.05) is 23.6 Å². The van der Waals surface area contributed by atoms with E-state index < -0.39 is 10.0 Å². The number of anilines is 1. The molecule has 0 amide bonds. The molecule has 0 saturated carbocycles. The molecule has 1 aliphatic heterocycles. The molecule has 0 bridgehead atoms. The van der Waals surface area contributed by atoms with Gasteiger partial charge in [0.1, 0.15) is 4.90 Å². The summed E-state index contributed by atoms with van der Waals surface area (Å²) in [6.07, 6.45) is 0. The lowest BCUT2D eigenvalue weighted by Gasteiger charge is -2.34. The number of halogens is 2. The Morgan fingerprint density at radius 2 is 1.72 bits per heavy atom. The van der Waals surface area contributed by atoms with E-state index in [4.69, 9.17) is 37.7 Å². The molecular weight excluding hydrogens is 493 g/mol. The van der Waals surface area contributed by atoms with Gasteiger partial charge in [0.05, 0.1) is 30.0 Å². The first-order chi connectivity index (χ1) is 15.3. The second-order valence-corrected chi connectivity index (χ2v) is 10.6. The molecule has 7 nitrogen and oxygen atoms in total. The van der Waals surface area contributed by atoms with Gasteiger partial charge in [-0.15, -0.1) is 11.3 Å². The fourth-order valence-corrected chi connectivity index (χ4v) is 6.53. The topological polar surface area (TPSA) is 72.0 Å². The number of thiazole rings is 1. The van der Waals surface area contributed by atoms with Crippen molar-refractivity contribution < 1.29 is 17.9 Å². The molecular formula is C21H21Cl2N3O4S2. The molecule has 11 heteroatoms. The molecule has 0 N–H and O–H groups in total. The largest absolute Gasteiger partial charge is 0.493 e. The second-order valence-electron chi connectivity index (χ2n) is 7.03. The minimum atomic E-state index is -3.73. The van der Waals surface area contributed by atoms with Gasteiger partial charge in [0.15, 0.2) is 16.6 Å². The van der Waals surface area contributed by atoms with Crippen LogP contribution in [0.15, 0.2) is 46.7 Å². The third kappa shape index (κ3) is 4.40. The smallest absolute Gasteiger partial charge is 0.244 e. The van der Waals surface area contributed by atoms with Gasteiger partial charge in [-0.1, -0.05) is 29.3 Å². The van der Waals surface area contributed by atoms with Crippen molar-refractivity contribution in [2.75, 3.05) is 45.3 Å². The number of hydrogen-bond acceptors (Lipinski definition) is 7. The summed E-state index contributed by atoms with van der Waals surface area (Å²) in [5.41, 5.74) is 1.74. The molecule has 1 fully saturated rings. The van der Waals surface area contributed by atoms with Gasteiger partial charge in [-0.3, -0.25) is 0 Å². The van der Waals surface area contributed by atoms with Gasteiger partial charge in [-0.05, 0) is 30.3 Å². The highest BCUT2D eigenvalue weighted by molar-refractivity contribution is 7.89. The molecule has 1 aromatic heterocycles. The molecule has 2 aromatic carbocycles. The fraction of sp³-hybridized carbons (Fsp3) is 0.286. The molecule has 2 heterocycles. The number of rotatable bonds is 6. The van der Waals surface area contributed by atoms with E-state index in [9.17, 15) is 8.42 Å². The number of methoxy groups -OCH3 is 2. The van der Waals surface area contributed by atoms with Crippen LogP contribution in [-0.2, 0) is 10.0 Å². The van der Waals surface area contributed by atoms with E-state index in [1.165, 1.54) is 21.7 Å². The maximum atomic E-state index is 13.0. The van der Waals surface area contributed by atoms with Crippen molar-refractivity contribution in [3.8, 4) is 22.8 Å². The third-order valence-electron chi connectivity index (χ3n) is 5.21. The molecule has 32 heavy (non-hydrogen) atoms. The summed E-state index contributed by atoms with van der Waals surface area (Å²) in [5.74, 6) is 1.29. The Morgan fingerprint density at radius 3 is 2.41 bits per heavy atom. The molecule has 0 atom stereocenters. The highest BCUT2D eigenvalue weighted by Crippen LogP contribution is 2.35. The Kier molecular flexibility index (Phi) is 6.83. The number of ether oxygens (including phenoxy) is 2. The van der Waals surface area contributed by atoms with Crippen molar-refractivity contribution in [2.45, 2.75) is 4.90 Å². The first-order valence-electron chi connectivity index (χ1n) is 9.72. The van der Waals surface area contributed by atoms with Crippen molar-refractivity contribution in [3.05, 3.63) is 51.8 Å². The number of piperazine rings is 1. The minimum Gasteiger partial charge on any atom is -0.493 e. The quantitative estimate of drug-likeness (QED) is 0.477. The predicted octanol–water partition coefficient (Wildman–Crippen LogP) is 4.65. The summed E-state index contributed by atoms with van der Waals surface area (Å²) in [5, 5.41) is 3.09. The molecule has 3 aromatic rings. The van der Waals surface area contributed by atoms with Crippen molar-refractivity contribution >= 4 is 49.7 Å². The maximum absolute atomic E-state index is 13.0. The van der Waals surface area contributed by atoms with Crippen LogP contribution in [0, 0.1) is 0 Å². The van der Waals surface area contributed by atoms with Crippen molar-refractivity contribution in [1.29, 1.82) is 0 Å². The average Bonchev–Trinajstić information content (AvgIpc) is 3.30. The Bertz CT molecular complexity index is 1230. The van der Waals surface area contributed by atoms with Crippen LogP contribution in [0.4, 0.5) is 5.13 Å². The Balaban J connectivity index is 1.48. The minimum absolute atomic E-state index is 0.0325. The van der Waals surface area contributed by atoms with Crippen LogP contribution in [0.2, 0.25) is 10.0 Å². The van der Waals surface area contributed by atoms with Crippen LogP contribution in [0.3, 0.4) is 0 Å². The Labute approximate surface area is 201 Å². The normalized spacial score (nSPS) is 15.1. The van der Waals surface area contributed by atoms with Crippen molar-refractivity contribution in [1.82, 2.24) is 9.29 Å². The standard InChI is InChI=1S/C21H21Cl2N3O4S2/c1-29-17-7-6-14(12-18(17)30-2)16-13-31-21(24-16)25-8-10-26(11-9-25)32(27,28)19-5-3-4-15(22)20(19)23/h3-7,12-13H,8-11H2,1-2H3. The molecule has 170 valence electrons. The SMILES string of the molecule is COc1ccc(-c2csc(N3CCN(S(=O)(=O)c4cccc(Cl)c4Cl)CC3)n2)cc1OC. The van der Waals surface area contributed by atoms with Crippen LogP contribution < -0.4 is 14.4 Å². The van der Waals surface area contributed by atoms with Crippen molar-refractivity contribution in [3.63, 3.8) is 0 Å². The van der Waals surface area contributed by atoms with Gasteiger partial charge in [-0.2, -0.15) is 4.31 Å². The van der Waals surface area contributed by atoms with Crippen molar-refractivity contribution in [2.24, 2.45) is 0 Å². The lowest BCUT2D eigenvalue weighted by atomic mass is 10.1. The average molecular weight is 514 g/mol. The van der Waals surface area contributed by atoms with Crippen LogP contribution in [-0.4, -0.2) is 58.1 Å². The summed E-state index contributed by atoms with van der Waals surface area (Å²) in [6, 6.07) is 10.3. The van der Waals surface area contributed by atoms with Gasteiger partial charge in [0.25, 0.3) is 0 Å². The van der Waals surface area contributed by atoms with Gasteiger partial charge in [0, 0.05) is 37.1 Å². The first kappa shape index (κ1) is 23.1. The van der Waals surface area contributed by atoms with E-state index in [2.05, 4.69) is 4.90 Å². The third-order valence-corrected chi connectivity index (χ3v) is 8.99. The lowest BCUT2D eigenvalue weighted by molar-refractivity contribution is 0.355. The zero-order valence-corrected chi connectivity index (χ0v) is 20.6. The Morgan fingerprint density at radius 1 is 1.00 bits per heavy atom. The van der Waals surface area contributed by atoms with E-state index in [-0.39, 0.29) is 14.9 Å². The number of aromatic nitrogens is 1. The van der Waals surface area contributed by atoms with Crippen LogP contribution in [0.25, 0.3) is 11.3 Å². The number of benzene rings is 2. The monoisotopic (exact) mass is 513 g/mol. The molecule has 1 aliphatic rings. The van der Waals surface area contributed by atoms with E-state index >= 15 is 0 Å². The summed E-state index contributed by atoms with van der Waals surface area (Å²) in [7, 11) is -0.534. The van der Waals surface area contributed by atoms with E-state index in [0.717, 1.165) is 16.4 Å². The summed E-state index contributed by atoms with van der Waals surface area (Å²) in [4.78, 5) is 6.86. The highest BCUT2D eigenvalue weighted by atomic mass is 35.5. The summed E-state index contributed by atoms with van der Waals surface area (Å²) >= 11 is 13.7. The maximum Gasteiger partial charge on any atom is 0.244 e. The zero-order chi connectivity index (χ0) is 22.9. The van der Waals surface area contributed by atoms with Crippen LogP contribution >= 0.6 is 34.5 Å². The Hall–Kier alpha value is -2.04. The van der Waals surface area contributed by atoms with E-state index in [0.29, 0.717) is 37.7 Å². The summed E-state index contributed by atoms with van der Waals surface area (Å²) in [6.45, 7) is 1.71. The second kappa shape index (κ2) is 9.44. The molecule has 0 radical (unpaired) electrons. The van der Waals surface area contributed by atoms with E-state index in [1.54, 1.807) is 26.4 Å². The molecule has 0 aliphatic carbocycles. The number of nitrogens with zero attached hydrogens (tertiary/aromatic N) is 3. The van der Waals surface area contributed by atoms with Gasteiger partial charge in [0.2, 0.25) is 10.0 Å². The predicted molar refractivity (Wildman–Crippen MR) is 128 cm³/mol. The molecule has 1 saturated heterocycles. The molecule has 0 spiro atoms. The lowest BCUT2D eigenvalue weighted by Crippen LogP contribution is -2.48. The fourth-order valence-electron chi connectivity index (χ4n) is 3.48. The first-order valence-corrected chi connectivity index (χ1v) is 12.8. The van der Waals surface area contributed by atoms with Gasteiger partial charge < -0.3 is 14.4 Å². The van der Waals surface area contributed by atoms with Crippen LogP contribution in [0.1, 0.15) is 0 Å². The summed E-state index contributed by atoms with van der Waals surface area (Å²) < 4.78 is 38.2. The number of sulfonamides is 1. The number of hydrogen-bond donors (Lipinski definition) is 0.